The molecule has 0 amide bonds. The molecule has 0 bridgehead atoms. The predicted octanol–water partition coefficient (Wildman–Crippen LogP) is 4.50. The molecule has 3 heterocycles. The van der Waals surface area contributed by atoms with Crippen LogP contribution in [0.1, 0.15) is 16.7 Å². The van der Waals surface area contributed by atoms with E-state index in [-0.39, 0.29) is 0 Å². The van der Waals surface area contributed by atoms with Gasteiger partial charge in [-0.05, 0) is 30.2 Å². The summed E-state index contributed by atoms with van der Waals surface area (Å²) in [6, 6.07) is 14.9. The zero-order valence-electron chi connectivity index (χ0n) is 13.2. The maximum absolute atomic E-state index is 5.53. The third-order valence-electron chi connectivity index (χ3n) is 4.46. The van der Waals surface area contributed by atoms with Crippen molar-refractivity contribution in [1.29, 1.82) is 0 Å². The minimum Gasteiger partial charge on any atom is -0.432 e. The van der Waals surface area contributed by atoms with Gasteiger partial charge < -0.3 is 4.42 Å². The first-order valence-corrected chi connectivity index (χ1v) is 7.95. The van der Waals surface area contributed by atoms with E-state index in [0.29, 0.717) is 5.84 Å². The number of aryl methyl sites for hydroxylation is 1. The second-order valence-electron chi connectivity index (χ2n) is 6.12. The van der Waals surface area contributed by atoms with Crippen LogP contribution in [0, 0.1) is 6.92 Å². The summed E-state index contributed by atoms with van der Waals surface area (Å²) in [5, 5.41) is 0. The highest BCUT2D eigenvalue weighted by atomic mass is 16.3. The number of nitrogens with zero attached hydrogens (tertiary/aromatic N) is 3. The number of hydrogen-bond donors (Lipinski definition) is 0. The van der Waals surface area contributed by atoms with Crippen LogP contribution in [0.2, 0.25) is 0 Å². The Morgan fingerprint density at radius 1 is 1.08 bits per heavy atom. The summed E-state index contributed by atoms with van der Waals surface area (Å²) in [7, 11) is 0. The van der Waals surface area contributed by atoms with Crippen molar-refractivity contribution < 1.29 is 4.42 Å². The predicted molar refractivity (Wildman–Crippen MR) is 94.4 cm³/mol. The second-order valence-corrected chi connectivity index (χ2v) is 6.12. The van der Waals surface area contributed by atoms with Crippen molar-refractivity contribution in [3.05, 3.63) is 71.6 Å². The number of aromatic nitrogens is 2. The van der Waals surface area contributed by atoms with Crippen molar-refractivity contribution in [2.24, 2.45) is 4.99 Å². The Bertz CT molecular complexity index is 1100. The van der Waals surface area contributed by atoms with Crippen LogP contribution in [0.15, 0.2) is 64.3 Å². The minimum atomic E-state index is 0.607. The summed E-state index contributed by atoms with van der Waals surface area (Å²) < 4.78 is 7.54. The Kier molecular flexibility index (Phi) is 2.73. The summed E-state index contributed by atoms with van der Waals surface area (Å²) >= 11 is 0. The third kappa shape index (κ3) is 1.93. The maximum atomic E-state index is 5.53. The molecule has 0 saturated carbocycles. The second kappa shape index (κ2) is 4.93. The quantitative estimate of drug-likeness (QED) is 0.547. The van der Waals surface area contributed by atoms with Crippen LogP contribution in [0.3, 0.4) is 0 Å². The minimum absolute atomic E-state index is 0.607. The molecule has 1 aliphatic rings. The molecule has 0 unspecified atom stereocenters. The molecular formula is C20H15N3O. The largest absolute Gasteiger partial charge is 0.432 e. The van der Waals surface area contributed by atoms with Gasteiger partial charge in [-0.2, -0.15) is 4.98 Å². The van der Waals surface area contributed by atoms with E-state index in [0.717, 1.165) is 29.1 Å². The highest BCUT2D eigenvalue weighted by molar-refractivity contribution is 5.89. The normalized spacial score (nSPS) is 12.9. The number of benzene rings is 2. The van der Waals surface area contributed by atoms with Crippen LogP contribution < -0.4 is 0 Å². The molecular weight excluding hydrogens is 298 g/mol. The van der Waals surface area contributed by atoms with Gasteiger partial charge in [-0.1, -0.05) is 35.9 Å². The summed E-state index contributed by atoms with van der Waals surface area (Å²) in [4.78, 5) is 9.07. The molecule has 2 aromatic carbocycles. The molecule has 0 radical (unpaired) electrons. The number of imidazole rings is 1. The van der Waals surface area contributed by atoms with Gasteiger partial charge in [0.05, 0.1) is 12.2 Å². The number of aliphatic imine (C=N–C) groups is 1. The molecule has 0 fully saturated rings. The third-order valence-corrected chi connectivity index (χ3v) is 4.46. The van der Waals surface area contributed by atoms with Crippen molar-refractivity contribution in [3.63, 3.8) is 0 Å². The summed E-state index contributed by atoms with van der Waals surface area (Å²) in [6.07, 6.45) is 5.53. The van der Waals surface area contributed by atoms with Gasteiger partial charge in [-0.15, -0.1) is 0 Å². The molecule has 116 valence electrons. The van der Waals surface area contributed by atoms with E-state index in [1.807, 2.05) is 16.8 Å². The smallest absolute Gasteiger partial charge is 0.306 e. The van der Waals surface area contributed by atoms with Crippen molar-refractivity contribution in [2.75, 3.05) is 0 Å². The Morgan fingerprint density at radius 2 is 2.04 bits per heavy atom. The molecule has 4 aromatic rings. The average molecular weight is 313 g/mol. The Labute approximate surface area is 139 Å². The Morgan fingerprint density at radius 3 is 2.96 bits per heavy atom. The molecule has 24 heavy (non-hydrogen) atoms. The summed E-state index contributed by atoms with van der Waals surface area (Å²) in [5.74, 6) is 0.607. The molecule has 0 saturated heterocycles. The molecule has 0 spiro atoms. The first-order chi connectivity index (χ1) is 11.8. The van der Waals surface area contributed by atoms with Crippen LogP contribution in [-0.2, 0) is 6.54 Å². The van der Waals surface area contributed by atoms with Crippen LogP contribution in [0.25, 0.3) is 28.4 Å². The van der Waals surface area contributed by atoms with E-state index in [1.165, 1.54) is 16.7 Å². The van der Waals surface area contributed by atoms with E-state index in [4.69, 9.17) is 9.40 Å². The zero-order chi connectivity index (χ0) is 16.1. The lowest BCUT2D eigenvalue weighted by Crippen LogP contribution is -1.91. The van der Waals surface area contributed by atoms with Gasteiger partial charge in [0.25, 0.3) is 0 Å². The van der Waals surface area contributed by atoms with Crippen molar-refractivity contribution >= 4 is 12.1 Å². The molecule has 1 aliphatic heterocycles. The van der Waals surface area contributed by atoms with E-state index in [1.54, 1.807) is 6.26 Å². The maximum Gasteiger partial charge on any atom is 0.306 e. The van der Waals surface area contributed by atoms with E-state index < -0.39 is 0 Å². The van der Waals surface area contributed by atoms with Crippen LogP contribution in [0.4, 0.5) is 0 Å². The standard InChI is InChI=1S/C20H15N3O/c1-13-3-2-4-14(9-13)18-19(23-7-8-24-20(23)22-18)15-5-6-16-11-21-12-17(16)10-15/h2-10,12H,11H2,1H3. The lowest BCUT2D eigenvalue weighted by Gasteiger charge is -2.07. The lowest BCUT2D eigenvalue weighted by molar-refractivity contribution is 0.596. The molecule has 0 aliphatic carbocycles. The number of rotatable bonds is 2. The molecule has 2 aromatic heterocycles. The molecule has 0 N–H and O–H groups in total. The van der Waals surface area contributed by atoms with Gasteiger partial charge in [-0.25, -0.2) is 0 Å². The van der Waals surface area contributed by atoms with Gasteiger partial charge in [-0.3, -0.25) is 9.39 Å². The fourth-order valence-electron chi connectivity index (χ4n) is 3.30. The fraction of sp³-hybridized carbons (Fsp3) is 0.100. The fourth-order valence-corrected chi connectivity index (χ4v) is 3.30. The summed E-state index contributed by atoms with van der Waals surface area (Å²) in [6.45, 7) is 2.86. The van der Waals surface area contributed by atoms with E-state index >= 15 is 0 Å². The molecule has 4 heteroatoms. The Balaban J connectivity index is 1.79. The molecule has 0 atom stereocenters. The highest BCUT2D eigenvalue weighted by Gasteiger charge is 2.19. The van der Waals surface area contributed by atoms with Gasteiger partial charge in [0.2, 0.25) is 0 Å². The zero-order valence-corrected chi connectivity index (χ0v) is 13.2. The monoisotopic (exact) mass is 313 g/mol. The van der Waals surface area contributed by atoms with Crippen molar-refractivity contribution in [2.45, 2.75) is 13.5 Å². The summed E-state index contributed by atoms with van der Waals surface area (Å²) in [5.41, 5.74) is 7.86. The van der Waals surface area contributed by atoms with Gasteiger partial charge in [0.1, 0.15) is 12.0 Å². The average Bonchev–Trinajstić information content (AvgIpc) is 3.29. The van der Waals surface area contributed by atoms with Gasteiger partial charge in [0.15, 0.2) is 0 Å². The highest BCUT2D eigenvalue weighted by Crippen LogP contribution is 2.34. The van der Waals surface area contributed by atoms with Gasteiger partial charge in [0, 0.05) is 23.5 Å². The van der Waals surface area contributed by atoms with Crippen molar-refractivity contribution in [1.82, 2.24) is 9.38 Å². The van der Waals surface area contributed by atoms with Crippen LogP contribution in [0.5, 0.6) is 0 Å². The van der Waals surface area contributed by atoms with Gasteiger partial charge >= 0.3 is 5.84 Å². The first-order valence-electron chi connectivity index (χ1n) is 7.95. The molecule has 4 nitrogen and oxygen atoms in total. The van der Waals surface area contributed by atoms with E-state index in [2.05, 4.69) is 54.4 Å². The Hall–Kier alpha value is -3.14. The van der Waals surface area contributed by atoms with Crippen LogP contribution >= 0.6 is 0 Å². The molecule has 5 rings (SSSR count). The number of hydrogen-bond acceptors (Lipinski definition) is 3. The lowest BCUT2D eigenvalue weighted by atomic mass is 10.00. The number of fused-ring (bicyclic) bond motifs is 2. The number of oxazole rings is 1. The van der Waals surface area contributed by atoms with E-state index in [9.17, 15) is 0 Å². The SMILES string of the molecule is Cc1cccc(-c2nc3occn3c2-c2ccc3c(c2)C=NC3)c1. The van der Waals surface area contributed by atoms with Crippen LogP contribution in [-0.4, -0.2) is 15.6 Å². The topological polar surface area (TPSA) is 42.8 Å². The van der Waals surface area contributed by atoms with Crippen molar-refractivity contribution in [3.8, 4) is 22.5 Å². The first kappa shape index (κ1) is 13.3.